The lowest BCUT2D eigenvalue weighted by Crippen LogP contribution is -2.09. The highest BCUT2D eigenvalue weighted by Crippen LogP contribution is 2.39. The molecule has 1 unspecified atom stereocenters. The largest absolute Gasteiger partial charge is 0.493 e. The Bertz CT molecular complexity index is 679. The van der Waals surface area contributed by atoms with E-state index in [2.05, 4.69) is 9.55 Å². The minimum Gasteiger partial charge on any atom is -0.493 e. The van der Waals surface area contributed by atoms with E-state index < -0.39 is 6.10 Å². The number of ether oxygens (including phenoxy) is 1. The first kappa shape index (κ1) is 13.2. The summed E-state index contributed by atoms with van der Waals surface area (Å²) in [6.07, 6.45) is 6.72. The van der Waals surface area contributed by atoms with Crippen LogP contribution >= 0.6 is 11.6 Å². The number of fused-ring (bicyclic) bond motifs is 1. The summed E-state index contributed by atoms with van der Waals surface area (Å²) in [4.78, 5) is 4.18. The van der Waals surface area contributed by atoms with Crippen LogP contribution in [0.1, 0.15) is 41.8 Å². The molecular weight excluding hydrogens is 288 g/mol. The number of aliphatic hydroxyl groups excluding tert-OH is 1. The predicted octanol–water partition coefficient (Wildman–Crippen LogP) is 3.08. The van der Waals surface area contributed by atoms with Crippen molar-refractivity contribution in [3.8, 4) is 5.75 Å². The number of benzene rings is 1. The van der Waals surface area contributed by atoms with E-state index in [1.807, 2.05) is 18.5 Å². The molecule has 0 radical (unpaired) electrons. The van der Waals surface area contributed by atoms with E-state index in [4.69, 9.17) is 16.3 Å². The van der Waals surface area contributed by atoms with Crippen molar-refractivity contribution in [2.45, 2.75) is 37.8 Å². The predicted molar refractivity (Wildman–Crippen MR) is 79.8 cm³/mol. The maximum atomic E-state index is 10.6. The normalized spacial score (nSPS) is 18.4. The van der Waals surface area contributed by atoms with Gasteiger partial charge in [-0.1, -0.05) is 11.6 Å². The third-order valence-electron chi connectivity index (χ3n) is 4.22. The smallest absolute Gasteiger partial charge is 0.126 e. The van der Waals surface area contributed by atoms with E-state index in [0.29, 0.717) is 24.1 Å². The zero-order valence-electron chi connectivity index (χ0n) is 11.6. The number of halogens is 1. The molecule has 1 aromatic heterocycles. The zero-order chi connectivity index (χ0) is 14.4. The number of hydrogen-bond donors (Lipinski definition) is 1. The molecule has 1 fully saturated rings. The van der Waals surface area contributed by atoms with Crippen LogP contribution in [0.3, 0.4) is 0 Å². The fraction of sp³-hybridized carbons (Fsp3) is 0.438. The Kier molecular flexibility index (Phi) is 3.16. The summed E-state index contributed by atoms with van der Waals surface area (Å²) in [5.41, 5.74) is 3.00. The molecule has 1 aliphatic heterocycles. The SMILES string of the molecule is OC(Cc1cc(Cl)cc2c1OCC2)c1cncn1C1CC1. The Labute approximate surface area is 128 Å². The molecule has 110 valence electrons. The van der Waals surface area contributed by atoms with Crippen LogP contribution in [-0.4, -0.2) is 21.3 Å². The molecule has 2 aliphatic rings. The van der Waals surface area contributed by atoms with Gasteiger partial charge in [0, 0.05) is 23.9 Å². The van der Waals surface area contributed by atoms with Gasteiger partial charge in [0.15, 0.2) is 0 Å². The minimum absolute atomic E-state index is 0.501. The fourth-order valence-corrected chi connectivity index (χ4v) is 3.30. The van der Waals surface area contributed by atoms with Crippen molar-refractivity contribution in [1.29, 1.82) is 0 Å². The van der Waals surface area contributed by atoms with Crippen LogP contribution < -0.4 is 4.74 Å². The summed E-state index contributed by atoms with van der Waals surface area (Å²) in [6, 6.07) is 4.36. The highest BCUT2D eigenvalue weighted by Gasteiger charge is 2.28. The standard InChI is InChI=1S/C16H17ClN2O2/c17-12-5-10-3-4-21-16(10)11(6-12)7-15(20)14-8-18-9-19(14)13-1-2-13/h5-6,8-9,13,15,20H,1-4,7H2. The Morgan fingerprint density at radius 3 is 3.10 bits per heavy atom. The van der Waals surface area contributed by atoms with Crippen molar-refractivity contribution in [3.63, 3.8) is 0 Å². The van der Waals surface area contributed by atoms with Crippen molar-refractivity contribution in [2.75, 3.05) is 6.61 Å². The molecule has 5 heteroatoms. The molecule has 4 rings (SSSR count). The van der Waals surface area contributed by atoms with Crippen LogP contribution in [0.2, 0.25) is 5.02 Å². The summed E-state index contributed by atoms with van der Waals surface area (Å²) in [5.74, 6) is 0.899. The molecule has 0 saturated heterocycles. The lowest BCUT2D eigenvalue weighted by molar-refractivity contribution is 0.167. The third-order valence-corrected chi connectivity index (χ3v) is 4.43. The number of imidazole rings is 1. The van der Waals surface area contributed by atoms with Gasteiger partial charge in [0.05, 0.1) is 30.9 Å². The van der Waals surface area contributed by atoms with Crippen LogP contribution in [0.4, 0.5) is 0 Å². The lowest BCUT2D eigenvalue weighted by Gasteiger charge is -2.15. The van der Waals surface area contributed by atoms with Crippen molar-refractivity contribution < 1.29 is 9.84 Å². The molecular formula is C16H17ClN2O2. The Morgan fingerprint density at radius 1 is 1.43 bits per heavy atom. The van der Waals surface area contributed by atoms with E-state index in [1.54, 1.807) is 6.20 Å². The second-order valence-electron chi connectivity index (χ2n) is 5.83. The Morgan fingerprint density at radius 2 is 2.29 bits per heavy atom. The second-order valence-corrected chi connectivity index (χ2v) is 6.26. The maximum absolute atomic E-state index is 10.6. The first-order chi connectivity index (χ1) is 10.2. The third kappa shape index (κ3) is 2.43. The van der Waals surface area contributed by atoms with Crippen LogP contribution in [0.15, 0.2) is 24.7 Å². The van der Waals surface area contributed by atoms with Gasteiger partial charge in [-0.2, -0.15) is 0 Å². The molecule has 4 nitrogen and oxygen atoms in total. The number of aliphatic hydroxyl groups is 1. The first-order valence-electron chi connectivity index (χ1n) is 7.36. The molecule has 1 N–H and O–H groups in total. The van der Waals surface area contributed by atoms with Crippen LogP contribution in [-0.2, 0) is 12.8 Å². The van der Waals surface area contributed by atoms with E-state index >= 15 is 0 Å². The van der Waals surface area contributed by atoms with Gasteiger partial charge in [-0.25, -0.2) is 4.98 Å². The van der Waals surface area contributed by atoms with Gasteiger partial charge in [0.25, 0.3) is 0 Å². The number of aromatic nitrogens is 2. The quantitative estimate of drug-likeness (QED) is 0.944. The molecule has 1 saturated carbocycles. The van der Waals surface area contributed by atoms with Crippen LogP contribution in [0.5, 0.6) is 5.75 Å². The molecule has 1 aromatic carbocycles. The van der Waals surface area contributed by atoms with E-state index in [9.17, 15) is 5.11 Å². The van der Waals surface area contributed by atoms with Gasteiger partial charge >= 0.3 is 0 Å². The maximum Gasteiger partial charge on any atom is 0.126 e. The number of nitrogens with zero attached hydrogens (tertiary/aromatic N) is 2. The van der Waals surface area contributed by atoms with Gasteiger partial charge in [-0.15, -0.1) is 0 Å². The number of rotatable bonds is 4. The molecule has 1 aliphatic carbocycles. The van der Waals surface area contributed by atoms with Crippen molar-refractivity contribution in [2.24, 2.45) is 0 Å². The average molecular weight is 305 g/mol. The molecule has 21 heavy (non-hydrogen) atoms. The minimum atomic E-state index is -0.583. The molecule has 1 atom stereocenters. The van der Waals surface area contributed by atoms with E-state index in [0.717, 1.165) is 29.0 Å². The molecule has 0 bridgehead atoms. The number of hydrogen-bond acceptors (Lipinski definition) is 3. The molecule has 2 aromatic rings. The summed E-state index contributed by atoms with van der Waals surface area (Å²) >= 11 is 6.17. The topological polar surface area (TPSA) is 47.3 Å². The van der Waals surface area contributed by atoms with Gasteiger partial charge in [-0.05, 0) is 36.1 Å². The second kappa shape index (κ2) is 5.04. The summed E-state index contributed by atoms with van der Waals surface area (Å²) in [5, 5.41) is 11.3. The summed E-state index contributed by atoms with van der Waals surface area (Å²) in [6.45, 7) is 0.693. The Hall–Kier alpha value is -1.52. The highest BCUT2D eigenvalue weighted by atomic mass is 35.5. The highest BCUT2D eigenvalue weighted by molar-refractivity contribution is 6.30. The zero-order valence-corrected chi connectivity index (χ0v) is 12.4. The van der Waals surface area contributed by atoms with Crippen molar-refractivity contribution in [3.05, 3.63) is 46.5 Å². The average Bonchev–Trinajstić information content (AvgIpc) is 3.00. The van der Waals surface area contributed by atoms with Gasteiger partial charge in [0.1, 0.15) is 5.75 Å². The fourth-order valence-electron chi connectivity index (χ4n) is 3.04. The van der Waals surface area contributed by atoms with Crippen molar-refractivity contribution >= 4 is 11.6 Å². The molecule has 0 spiro atoms. The van der Waals surface area contributed by atoms with E-state index in [-0.39, 0.29) is 0 Å². The lowest BCUT2D eigenvalue weighted by atomic mass is 10.0. The summed E-state index contributed by atoms with van der Waals surface area (Å²) < 4.78 is 7.79. The molecule has 0 amide bonds. The molecule has 2 heterocycles. The van der Waals surface area contributed by atoms with Gasteiger partial charge in [0.2, 0.25) is 0 Å². The van der Waals surface area contributed by atoms with Crippen LogP contribution in [0.25, 0.3) is 0 Å². The van der Waals surface area contributed by atoms with E-state index in [1.165, 1.54) is 12.8 Å². The first-order valence-corrected chi connectivity index (χ1v) is 7.74. The van der Waals surface area contributed by atoms with Crippen LogP contribution in [0, 0.1) is 0 Å². The monoisotopic (exact) mass is 304 g/mol. The van der Waals surface area contributed by atoms with Crippen molar-refractivity contribution in [1.82, 2.24) is 9.55 Å². The van der Waals surface area contributed by atoms with Gasteiger partial charge < -0.3 is 14.4 Å². The van der Waals surface area contributed by atoms with Gasteiger partial charge in [-0.3, -0.25) is 0 Å². The Balaban J connectivity index is 1.62. The summed E-state index contributed by atoms with van der Waals surface area (Å²) in [7, 11) is 0.